The monoisotopic (exact) mass is 443 g/mol. The number of benzene rings is 1. The number of nitrogens with zero attached hydrogens (tertiary/aromatic N) is 3. The maximum absolute atomic E-state index is 12.9. The molecule has 2 heterocycles. The number of amides is 1. The Bertz CT molecular complexity index is 711. The molecule has 31 heavy (non-hydrogen) atoms. The summed E-state index contributed by atoms with van der Waals surface area (Å²) in [5, 5.41) is 0. The Labute approximate surface area is 181 Å². The van der Waals surface area contributed by atoms with Crippen molar-refractivity contribution in [2.75, 3.05) is 45.9 Å². The molecule has 174 valence electrons. The first-order chi connectivity index (χ1) is 14.6. The Morgan fingerprint density at radius 3 is 2.23 bits per heavy atom. The van der Waals surface area contributed by atoms with Crippen molar-refractivity contribution in [2.24, 2.45) is 0 Å². The third-order valence-electron chi connectivity index (χ3n) is 5.78. The summed E-state index contributed by atoms with van der Waals surface area (Å²) in [4.78, 5) is 19.4. The summed E-state index contributed by atoms with van der Waals surface area (Å²) in [5.74, 6) is 0.370. The molecule has 0 spiro atoms. The number of carbonyl (C=O) groups excluding carboxylic acids is 1. The van der Waals surface area contributed by atoms with Gasteiger partial charge in [0.05, 0.1) is 18.2 Å². The van der Waals surface area contributed by atoms with Crippen molar-refractivity contribution in [2.45, 2.75) is 51.7 Å². The van der Waals surface area contributed by atoms with Gasteiger partial charge in [0.25, 0.3) is 0 Å². The molecule has 1 amide bonds. The van der Waals surface area contributed by atoms with Crippen molar-refractivity contribution < 1.29 is 27.4 Å². The molecule has 0 radical (unpaired) electrons. The van der Waals surface area contributed by atoms with Crippen LogP contribution >= 0.6 is 0 Å². The lowest BCUT2D eigenvalue weighted by molar-refractivity contribution is -0.153. The summed E-state index contributed by atoms with van der Waals surface area (Å²) < 4.78 is 47.2. The van der Waals surface area contributed by atoms with Crippen LogP contribution in [0.5, 0.6) is 5.75 Å². The number of piperazine rings is 1. The predicted molar refractivity (Wildman–Crippen MR) is 111 cm³/mol. The van der Waals surface area contributed by atoms with E-state index in [4.69, 9.17) is 9.47 Å². The normalized spacial score (nSPS) is 24.8. The third kappa shape index (κ3) is 7.08. The summed E-state index contributed by atoms with van der Waals surface area (Å²) in [6.45, 7) is 9.93. The molecular formula is C22H32F3N3O3. The first-order valence-corrected chi connectivity index (χ1v) is 10.8. The van der Waals surface area contributed by atoms with Crippen LogP contribution in [0.2, 0.25) is 0 Å². The van der Waals surface area contributed by atoms with Crippen molar-refractivity contribution >= 4 is 5.91 Å². The number of morpholine rings is 1. The fraction of sp³-hybridized carbons (Fsp3) is 0.682. The van der Waals surface area contributed by atoms with Crippen molar-refractivity contribution in [3.05, 3.63) is 29.8 Å². The van der Waals surface area contributed by atoms with Gasteiger partial charge in [0.15, 0.2) is 6.61 Å². The van der Waals surface area contributed by atoms with Crippen LogP contribution in [0, 0.1) is 0 Å². The number of alkyl halides is 3. The Balaban J connectivity index is 1.44. The highest BCUT2D eigenvalue weighted by molar-refractivity contribution is 5.81. The molecule has 2 aliphatic rings. The first kappa shape index (κ1) is 23.8. The molecule has 9 heteroatoms. The van der Waals surface area contributed by atoms with Crippen molar-refractivity contribution in [3.63, 3.8) is 0 Å². The predicted octanol–water partition coefficient (Wildman–Crippen LogP) is 2.77. The van der Waals surface area contributed by atoms with Crippen LogP contribution in [0.1, 0.15) is 26.3 Å². The summed E-state index contributed by atoms with van der Waals surface area (Å²) in [5.41, 5.74) is 1.02. The second-order valence-electron chi connectivity index (χ2n) is 8.54. The van der Waals surface area contributed by atoms with Crippen LogP contribution in [0.15, 0.2) is 24.3 Å². The number of carbonyl (C=O) groups is 1. The van der Waals surface area contributed by atoms with Gasteiger partial charge in [-0.2, -0.15) is 13.2 Å². The maximum atomic E-state index is 12.9. The van der Waals surface area contributed by atoms with E-state index in [1.165, 1.54) is 0 Å². The topological polar surface area (TPSA) is 45.3 Å². The highest BCUT2D eigenvalue weighted by Crippen LogP contribution is 2.20. The lowest BCUT2D eigenvalue weighted by atomic mass is 10.1. The molecule has 3 rings (SSSR count). The zero-order valence-electron chi connectivity index (χ0n) is 18.4. The molecule has 6 nitrogen and oxygen atoms in total. The molecule has 3 atom stereocenters. The zero-order chi connectivity index (χ0) is 22.6. The van der Waals surface area contributed by atoms with E-state index in [1.54, 1.807) is 24.3 Å². The van der Waals surface area contributed by atoms with E-state index >= 15 is 0 Å². The quantitative estimate of drug-likeness (QED) is 0.677. The van der Waals surface area contributed by atoms with Gasteiger partial charge in [-0.3, -0.25) is 14.6 Å². The first-order valence-electron chi connectivity index (χ1n) is 10.8. The highest BCUT2D eigenvalue weighted by Gasteiger charge is 2.32. The van der Waals surface area contributed by atoms with E-state index < -0.39 is 12.8 Å². The molecule has 2 fully saturated rings. The Morgan fingerprint density at radius 2 is 1.68 bits per heavy atom. The number of hydrogen-bond donors (Lipinski definition) is 0. The summed E-state index contributed by atoms with van der Waals surface area (Å²) in [6, 6.07) is 6.57. The lowest BCUT2D eigenvalue weighted by Crippen LogP contribution is -2.57. The van der Waals surface area contributed by atoms with Gasteiger partial charge in [-0.1, -0.05) is 12.1 Å². The molecule has 1 aromatic rings. The van der Waals surface area contributed by atoms with Gasteiger partial charge in [0, 0.05) is 45.8 Å². The Morgan fingerprint density at radius 1 is 1.10 bits per heavy atom. The van der Waals surface area contributed by atoms with Gasteiger partial charge in [-0.25, -0.2) is 0 Å². The van der Waals surface area contributed by atoms with Gasteiger partial charge in [-0.15, -0.1) is 0 Å². The van der Waals surface area contributed by atoms with Gasteiger partial charge in [0.1, 0.15) is 5.75 Å². The van der Waals surface area contributed by atoms with E-state index in [0.717, 1.165) is 31.7 Å². The Hall–Kier alpha value is -1.84. The zero-order valence-corrected chi connectivity index (χ0v) is 18.4. The lowest BCUT2D eigenvalue weighted by Gasteiger charge is -2.41. The smallest absolute Gasteiger partial charge is 0.422 e. The van der Waals surface area contributed by atoms with Crippen LogP contribution in [0.4, 0.5) is 13.2 Å². The van der Waals surface area contributed by atoms with Crippen LogP contribution in [-0.2, 0) is 16.1 Å². The van der Waals surface area contributed by atoms with Crippen LogP contribution in [0.3, 0.4) is 0 Å². The summed E-state index contributed by atoms with van der Waals surface area (Å²) in [7, 11) is 0. The highest BCUT2D eigenvalue weighted by atomic mass is 19.4. The number of rotatable bonds is 6. The minimum absolute atomic E-state index is 0.0574. The van der Waals surface area contributed by atoms with Crippen LogP contribution < -0.4 is 4.74 Å². The number of halogens is 3. The Kier molecular flexibility index (Phi) is 7.82. The molecule has 1 aromatic carbocycles. The van der Waals surface area contributed by atoms with E-state index in [1.807, 2.05) is 25.7 Å². The molecule has 0 unspecified atom stereocenters. The summed E-state index contributed by atoms with van der Waals surface area (Å²) in [6.07, 6.45) is -4.22. The van der Waals surface area contributed by atoms with E-state index in [0.29, 0.717) is 19.6 Å². The van der Waals surface area contributed by atoms with Gasteiger partial charge in [-0.05, 0) is 38.5 Å². The molecular weight excluding hydrogens is 411 g/mol. The molecule has 2 saturated heterocycles. The van der Waals surface area contributed by atoms with E-state index in [-0.39, 0.29) is 29.9 Å². The maximum Gasteiger partial charge on any atom is 0.422 e. The average Bonchev–Trinajstić information content (AvgIpc) is 2.71. The molecule has 0 bridgehead atoms. The van der Waals surface area contributed by atoms with Gasteiger partial charge in [0.2, 0.25) is 5.91 Å². The minimum atomic E-state index is -4.34. The van der Waals surface area contributed by atoms with E-state index in [9.17, 15) is 18.0 Å². The third-order valence-corrected chi connectivity index (χ3v) is 5.78. The fourth-order valence-corrected chi connectivity index (χ4v) is 4.20. The number of ether oxygens (including phenoxy) is 2. The van der Waals surface area contributed by atoms with Crippen LogP contribution in [0.25, 0.3) is 0 Å². The average molecular weight is 444 g/mol. The largest absolute Gasteiger partial charge is 0.484 e. The molecule has 0 aliphatic carbocycles. The molecule has 0 N–H and O–H groups in total. The standard InChI is InChI=1S/C22H32F3N3O3/c1-16-12-28(13-17(2)31-16)21(29)18(3)27-10-8-26(9-11-27)14-19-4-6-20(7-5-19)30-15-22(23,24)25/h4-7,16-18H,8-15H2,1-3H3/t16-,17-,18+/m1/s1. The molecule has 0 aromatic heterocycles. The van der Waals surface area contributed by atoms with Crippen molar-refractivity contribution in [1.82, 2.24) is 14.7 Å². The van der Waals surface area contributed by atoms with Crippen molar-refractivity contribution in [1.29, 1.82) is 0 Å². The minimum Gasteiger partial charge on any atom is -0.484 e. The summed E-state index contributed by atoms with van der Waals surface area (Å²) >= 11 is 0. The molecule has 2 aliphatic heterocycles. The number of hydrogen-bond acceptors (Lipinski definition) is 5. The van der Waals surface area contributed by atoms with Crippen LogP contribution in [-0.4, -0.2) is 90.9 Å². The second kappa shape index (κ2) is 10.2. The molecule has 0 saturated carbocycles. The van der Waals surface area contributed by atoms with Crippen molar-refractivity contribution in [3.8, 4) is 5.75 Å². The van der Waals surface area contributed by atoms with Gasteiger partial charge < -0.3 is 14.4 Å². The fourth-order valence-electron chi connectivity index (χ4n) is 4.20. The van der Waals surface area contributed by atoms with Gasteiger partial charge >= 0.3 is 6.18 Å². The second-order valence-corrected chi connectivity index (χ2v) is 8.54. The van der Waals surface area contributed by atoms with E-state index in [2.05, 4.69) is 9.80 Å². The SMILES string of the molecule is C[C@@H]1CN(C(=O)[C@H](C)N2CCN(Cc3ccc(OCC(F)(F)F)cc3)CC2)C[C@@H](C)O1.